The van der Waals surface area contributed by atoms with E-state index in [1.54, 1.807) is 56.3 Å². The number of benzene rings is 2. The van der Waals surface area contributed by atoms with Crippen LogP contribution in [0.25, 0.3) is 11.1 Å². The number of amides is 1. The Balaban J connectivity index is 1.92. The molecule has 1 amide bonds. The van der Waals surface area contributed by atoms with Crippen LogP contribution in [0, 0.1) is 6.92 Å². The van der Waals surface area contributed by atoms with Crippen molar-refractivity contribution in [2.24, 2.45) is 0 Å². The Bertz CT molecular complexity index is 983. The molecule has 1 aromatic heterocycles. The molecule has 0 aliphatic carbocycles. The second kappa shape index (κ2) is 8.22. The van der Waals surface area contributed by atoms with Crippen LogP contribution >= 0.6 is 11.6 Å². The molecule has 1 atom stereocenters. The Morgan fingerprint density at radius 3 is 2.74 bits per heavy atom. The number of oxazole rings is 1. The summed E-state index contributed by atoms with van der Waals surface area (Å²) >= 11 is 6.28. The van der Waals surface area contributed by atoms with Gasteiger partial charge in [-0.2, -0.15) is 0 Å². The third-order valence-corrected chi connectivity index (χ3v) is 4.37. The first-order chi connectivity index (χ1) is 13.0. The molecule has 0 radical (unpaired) electrons. The van der Waals surface area contributed by atoms with Crippen LogP contribution in [0.15, 0.2) is 46.9 Å². The Kier molecular flexibility index (Phi) is 5.76. The lowest BCUT2D eigenvalue weighted by atomic mass is 10.0. The van der Waals surface area contributed by atoms with Gasteiger partial charge < -0.3 is 14.5 Å². The maximum Gasteiger partial charge on any atom is 0.308 e. The Hall–Kier alpha value is -2.86. The lowest BCUT2D eigenvalue weighted by Gasteiger charge is -2.19. The first-order valence-electron chi connectivity index (χ1n) is 8.56. The summed E-state index contributed by atoms with van der Waals surface area (Å²) in [7, 11) is 0. The van der Waals surface area contributed by atoms with Gasteiger partial charge in [0.05, 0.1) is 24.6 Å². The van der Waals surface area contributed by atoms with Crippen molar-refractivity contribution in [3.63, 3.8) is 0 Å². The van der Waals surface area contributed by atoms with E-state index in [0.717, 1.165) is 0 Å². The van der Waals surface area contributed by atoms with Crippen LogP contribution in [0.2, 0.25) is 5.02 Å². The normalized spacial score (nSPS) is 12.0. The maximum atomic E-state index is 12.9. The van der Waals surface area contributed by atoms with Gasteiger partial charge in [0, 0.05) is 11.9 Å². The quantitative estimate of drug-likeness (QED) is 0.641. The Morgan fingerprint density at radius 2 is 2.00 bits per heavy atom. The SMILES string of the molecule is CCOC(=O)C[C@H](NC(=O)c1cccc2nc(C)oc12)c1ccccc1Cl. The highest BCUT2D eigenvalue weighted by atomic mass is 35.5. The molecular formula is C20H19ClN2O4. The van der Waals surface area contributed by atoms with Crippen LogP contribution in [0.5, 0.6) is 0 Å². The van der Waals surface area contributed by atoms with Crippen molar-refractivity contribution in [3.05, 3.63) is 64.5 Å². The molecule has 3 rings (SSSR count). The summed E-state index contributed by atoms with van der Waals surface area (Å²) in [5.41, 5.74) is 1.98. The number of aromatic nitrogens is 1. The van der Waals surface area contributed by atoms with Gasteiger partial charge in [-0.1, -0.05) is 35.9 Å². The lowest BCUT2D eigenvalue weighted by Crippen LogP contribution is -2.31. The number of hydrogen-bond donors (Lipinski definition) is 1. The van der Waals surface area contributed by atoms with E-state index in [4.69, 9.17) is 20.8 Å². The molecular weight excluding hydrogens is 368 g/mol. The number of nitrogens with zero attached hydrogens (tertiary/aromatic N) is 1. The number of aryl methyl sites for hydroxylation is 1. The molecule has 0 fully saturated rings. The average molecular weight is 387 g/mol. The zero-order valence-corrected chi connectivity index (χ0v) is 15.7. The van der Waals surface area contributed by atoms with E-state index in [0.29, 0.717) is 33.1 Å². The van der Waals surface area contributed by atoms with E-state index in [-0.39, 0.29) is 18.9 Å². The maximum absolute atomic E-state index is 12.9. The van der Waals surface area contributed by atoms with E-state index in [1.165, 1.54) is 0 Å². The van der Waals surface area contributed by atoms with Crippen LogP contribution in [0.1, 0.15) is 41.2 Å². The van der Waals surface area contributed by atoms with Gasteiger partial charge in [0.1, 0.15) is 5.52 Å². The van der Waals surface area contributed by atoms with Crippen LogP contribution in [-0.2, 0) is 9.53 Å². The lowest BCUT2D eigenvalue weighted by molar-refractivity contribution is -0.143. The molecule has 0 aliphatic heterocycles. The summed E-state index contributed by atoms with van der Waals surface area (Å²) in [6.45, 7) is 3.71. The summed E-state index contributed by atoms with van der Waals surface area (Å²) in [5.74, 6) is -0.332. The third-order valence-electron chi connectivity index (χ3n) is 4.03. The fourth-order valence-electron chi connectivity index (χ4n) is 2.86. The van der Waals surface area contributed by atoms with E-state index in [9.17, 15) is 9.59 Å². The molecule has 0 saturated heterocycles. The molecule has 6 nitrogen and oxygen atoms in total. The third kappa shape index (κ3) is 4.28. The van der Waals surface area contributed by atoms with Crippen molar-refractivity contribution >= 4 is 34.6 Å². The van der Waals surface area contributed by atoms with Crippen LogP contribution in [0.4, 0.5) is 0 Å². The number of para-hydroxylation sites is 1. The molecule has 0 unspecified atom stereocenters. The van der Waals surface area contributed by atoms with Gasteiger partial charge in [-0.15, -0.1) is 0 Å². The van der Waals surface area contributed by atoms with Crippen LogP contribution in [-0.4, -0.2) is 23.5 Å². The molecule has 140 valence electrons. The Labute approximate surface area is 161 Å². The van der Waals surface area contributed by atoms with Gasteiger partial charge in [0.15, 0.2) is 11.5 Å². The summed E-state index contributed by atoms with van der Waals surface area (Å²) in [6, 6.07) is 11.6. The number of nitrogens with one attached hydrogen (secondary N) is 1. The van der Waals surface area contributed by atoms with E-state index >= 15 is 0 Å². The minimum absolute atomic E-state index is 0.0330. The Morgan fingerprint density at radius 1 is 1.22 bits per heavy atom. The van der Waals surface area contributed by atoms with Crippen LogP contribution < -0.4 is 5.32 Å². The molecule has 0 saturated carbocycles. The second-order valence-electron chi connectivity index (χ2n) is 5.94. The van der Waals surface area contributed by atoms with Gasteiger partial charge in [-0.3, -0.25) is 9.59 Å². The molecule has 1 heterocycles. The number of ether oxygens (including phenoxy) is 1. The highest BCUT2D eigenvalue weighted by Gasteiger charge is 2.23. The standard InChI is InChI=1S/C20H19ClN2O4/c1-3-26-18(24)11-17(13-7-4-5-9-15(13)21)23-20(25)14-8-6-10-16-19(14)27-12(2)22-16/h4-10,17H,3,11H2,1-2H3,(H,23,25)/t17-/m0/s1. The first-order valence-corrected chi connectivity index (χ1v) is 8.94. The number of fused-ring (bicyclic) bond motifs is 1. The van der Waals surface area contributed by atoms with Gasteiger partial charge in [0.2, 0.25) is 0 Å². The number of carbonyl (C=O) groups is 2. The minimum atomic E-state index is -0.635. The monoisotopic (exact) mass is 386 g/mol. The number of rotatable bonds is 6. The second-order valence-corrected chi connectivity index (χ2v) is 6.35. The van der Waals surface area contributed by atoms with Crippen molar-refractivity contribution < 1.29 is 18.7 Å². The summed E-state index contributed by atoms with van der Waals surface area (Å²) in [4.78, 5) is 29.2. The number of carbonyl (C=O) groups excluding carboxylic acids is 2. The molecule has 2 aromatic carbocycles. The van der Waals surface area contributed by atoms with Gasteiger partial charge in [-0.05, 0) is 30.7 Å². The highest BCUT2D eigenvalue weighted by molar-refractivity contribution is 6.31. The molecule has 27 heavy (non-hydrogen) atoms. The summed E-state index contributed by atoms with van der Waals surface area (Å²) in [6.07, 6.45) is -0.0330. The van der Waals surface area contributed by atoms with E-state index in [1.807, 2.05) is 0 Å². The fourth-order valence-corrected chi connectivity index (χ4v) is 3.13. The number of esters is 1. The zero-order valence-electron chi connectivity index (χ0n) is 15.0. The number of halogens is 1. The smallest absolute Gasteiger partial charge is 0.308 e. The van der Waals surface area contributed by atoms with E-state index < -0.39 is 12.0 Å². The average Bonchev–Trinajstić information content (AvgIpc) is 3.01. The van der Waals surface area contributed by atoms with Gasteiger partial charge in [0.25, 0.3) is 5.91 Å². The van der Waals surface area contributed by atoms with Gasteiger partial charge in [-0.25, -0.2) is 4.98 Å². The van der Waals surface area contributed by atoms with Crippen molar-refractivity contribution in [2.45, 2.75) is 26.3 Å². The molecule has 1 N–H and O–H groups in total. The van der Waals surface area contributed by atoms with Crippen molar-refractivity contribution in [2.75, 3.05) is 6.61 Å². The predicted molar refractivity (Wildman–Crippen MR) is 102 cm³/mol. The molecule has 0 bridgehead atoms. The largest absolute Gasteiger partial charge is 0.466 e. The topological polar surface area (TPSA) is 81.4 Å². The highest BCUT2D eigenvalue weighted by Crippen LogP contribution is 2.27. The molecule has 7 heteroatoms. The zero-order chi connectivity index (χ0) is 19.4. The molecule has 3 aromatic rings. The predicted octanol–water partition coefficient (Wildman–Crippen LogP) is 4.21. The first kappa shape index (κ1) is 18.9. The van der Waals surface area contributed by atoms with Crippen molar-refractivity contribution in [1.82, 2.24) is 10.3 Å². The summed E-state index contributed by atoms with van der Waals surface area (Å²) < 4.78 is 10.6. The fraction of sp³-hybridized carbons (Fsp3) is 0.250. The minimum Gasteiger partial charge on any atom is -0.466 e. The number of hydrogen-bond acceptors (Lipinski definition) is 5. The summed E-state index contributed by atoms with van der Waals surface area (Å²) in [5, 5.41) is 3.33. The van der Waals surface area contributed by atoms with E-state index in [2.05, 4.69) is 10.3 Å². The molecule has 0 aliphatic rings. The van der Waals surface area contributed by atoms with Crippen molar-refractivity contribution in [3.8, 4) is 0 Å². The van der Waals surface area contributed by atoms with Crippen molar-refractivity contribution in [1.29, 1.82) is 0 Å². The van der Waals surface area contributed by atoms with Crippen LogP contribution in [0.3, 0.4) is 0 Å². The molecule has 0 spiro atoms. The van der Waals surface area contributed by atoms with Gasteiger partial charge >= 0.3 is 5.97 Å².